The predicted octanol–water partition coefficient (Wildman–Crippen LogP) is 4.91. The number of Topliss-reactive ketones (excluding diaryl/α,β-unsaturated/α-hetero) is 1. The first-order chi connectivity index (χ1) is 15.3. The van der Waals surface area contributed by atoms with E-state index >= 15 is 0 Å². The number of esters is 1. The van der Waals surface area contributed by atoms with Crippen molar-refractivity contribution < 1.29 is 23.9 Å². The number of hydrogen-bond acceptors (Lipinski definition) is 5. The van der Waals surface area contributed by atoms with Crippen molar-refractivity contribution in [2.45, 2.75) is 13.8 Å². The summed E-state index contributed by atoms with van der Waals surface area (Å²) in [5.74, 6) is -2.05. The molecular formula is C25H18BrNO5. The van der Waals surface area contributed by atoms with Crippen molar-refractivity contribution >= 4 is 45.2 Å². The monoisotopic (exact) mass is 491 g/mol. The molecule has 0 radical (unpaired) electrons. The van der Waals surface area contributed by atoms with Crippen LogP contribution in [-0.2, 0) is 4.74 Å². The molecule has 0 fully saturated rings. The Kier molecular flexibility index (Phi) is 5.76. The summed E-state index contributed by atoms with van der Waals surface area (Å²) in [4.78, 5) is 51.6. The van der Waals surface area contributed by atoms with E-state index < -0.39 is 24.4 Å². The SMILES string of the molecule is Cc1ccc(N2C(=O)c3ccc(C(=O)OCC(=O)c4ccc(Br)cc4)cc3C2=O)cc1C. The number of nitrogens with zero attached hydrogens (tertiary/aromatic N) is 1. The van der Waals surface area contributed by atoms with Gasteiger partial charge in [-0.05, 0) is 67.4 Å². The van der Waals surface area contributed by atoms with Gasteiger partial charge in [-0.1, -0.05) is 34.1 Å². The minimum atomic E-state index is -0.747. The summed E-state index contributed by atoms with van der Waals surface area (Å²) in [5.41, 5.74) is 3.34. The van der Waals surface area contributed by atoms with E-state index in [4.69, 9.17) is 4.74 Å². The number of aryl methyl sites for hydroxylation is 2. The molecule has 0 atom stereocenters. The molecule has 0 spiro atoms. The Morgan fingerprint density at radius 3 is 2.16 bits per heavy atom. The van der Waals surface area contributed by atoms with Crippen molar-refractivity contribution in [1.82, 2.24) is 0 Å². The molecule has 0 aliphatic carbocycles. The van der Waals surface area contributed by atoms with Crippen LogP contribution in [0.15, 0.2) is 65.1 Å². The summed E-state index contributed by atoms with van der Waals surface area (Å²) in [6, 6.07) is 16.2. The fourth-order valence-corrected chi connectivity index (χ4v) is 3.66. The number of hydrogen-bond donors (Lipinski definition) is 0. The van der Waals surface area contributed by atoms with Crippen molar-refractivity contribution in [3.05, 3.63) is 98.5 Å². The smallest absolute Gasteiger partial charge is 0.338 e. The Bertz CT molecular complexity index is 1280. The Morgan fingerprint density at radius 2 is 1.47 bits per heavy atom. The number of carbonyl (C=O) groups is 4. The van der Waals surface area contributed by atoms with Gasteiger partial charge in [-0.25, -0.2) is 9.69 Å². The topological polar surface area (TPSA) is 80.8 Å². The number of fused-ring (bicyclic) bond motifs is 1. The first-order valence-corrected chi connectivity index (χ1v) is 10.6. The van der Waals surface area contributed by atoms with E-state index in [0.717, 1.165) is 20.5 Å². The van der Waals surface area contributed by atoms with Gasteiger partial charge in [0.05, 0.1) is 22.4 Å². The van der Waals surface area contributed by atoms with E-state index in [9.17, 15) is 19.2 Å². The van der Waals surface area contributed by atoms with Crippen LogP contribution in [0.3, 0.4) is 0 Å². The molecule has 1 aliphatic rings. The maximum absolute atomic E-state index is 13.0. The molecule has 0 aromatic heterocycles. The van der Waals surface area contributed by atoms with E-state index in [0.29, 0.717) is 11.3 Å². The zero-order valence-electron chi connectivity index (χ0n) is 17.3. The number of halogens is 1. The molecule has 4 rings (SSSR count). The van der Waals surface area contributed by atoms with E-state index in [1.807, 2.05) is 19.9 Å². The number of anilines is 1. The Balaban J connectivity index is 1.51. The van der Waals surface area contributed by atoms with E-state index in [1.54, 1.807) is 36.4 Å². The molecule has 1 heterocycles. The normalized spacial score (nSPS) is 12.7. The molecule has 6 nitrogen and oxygen atoms in total. The lowest BCUT2D eigenvalue weighted by Crippen LogP contribution is -2.29. The highest BCUT2D eigenvalue weighted by Gasteiger charge is 2.37. The summed E-state index contributed by atoms with van der Waals surface area (Å²) >= 11 is 3.29. The van der Waals surface area contributed by atoms with Crippen LogP contribution in [0, 0.1) is 13.8 Å². The third-order valence-corrected chi connectivity index (χ3v) is 5.90. The van der Waals surface area contributed by atoms with Gasteiger partial charge < -0.3 is 4.74 Å². The second-order valence-electron chi connectivity index (χ2n) is 7.48. The van der Waals surface area contributed by atoms with E-state index in [1.165, 1.54) is 18.2 Å². The minimum absolute atomic E-state index is 0.0930. The van der Waals surface area contributed by atoms with Crippen LogP contribution in [0.2, 0.25) is 0 Å². The van der Waals surface area contributed by atoms with Gasteiger partial charge in [0, 0.05) is 10.0 Å². The third kappa shape index (κ3) is 3.99. The number of ketones is 1. The average molecular weight is 492 g/mol. The van der Waals surface area contributed by atoms with Gasteiger partial charge in [-0.3, -0.25) is 14.4 Å². The molecule has 0 saturated carbocycles. The third-order valence-electron chi connectivity index (χ3n) is 5.37. The fourth-order valence-electron chi connectivity index (χ4n) is 3.40. The zero-order chi connectivity index (χ0) is 23.0. The van der Waals surface area contributed by atoms with Gasteiger partial charge in [-0.2, -0.15) is 0 Å². The lowest BCUT2D eigenvalue weighted by atomic mass is 10.1. The van der Waals surface area contributed by atoms with Crippen LogP contribution in [0.5, 0.6) is 0 Å². The second-order valence-corrected chi connectivity index (χ2v) is 8.40. The van der Waals surface area contributed by atoms with Gasteiger partial charge in [0.1, 0.15) is 0 Å². The molecule has 0 saturated heterocycles. The summed E-state index contributed by atoms with van der Waals surface area (Å²) < 4.78 is 5.96. The molecule has 160 valence electrons. The molecule has 0 unspecified atom stereocenters. The van der Waals surface area contributed by atoms with Crippen LogP contribution in [0.1, 0.15) is 52.6 Å². The molecule has 0 N–H and O–H groups in total. The number of rotatable bonds is 5. The van der Waals surface area contributed by atoms with Gasteiger partial charge in [0.15, 0.2) is 12.4 Å². The summed E-state index contributed by atoms with van der Waals surface area (Å²) in [6.07, 6.45) is 0. The number of amides is 2. The molecular weight excluding hydrogens is 474 g/mol. The number of benzene rings is 3. The van der Waals surface area contributed by atoms with Crippen LogP contribution in [-0.4, -0.2) is 30.2 Å². The van der Waals surface area contributed by atoms with Crippen molar-refractivity contribution in [1.29, 1.82) is 0 Å². The van der Waals surface area contributed by atoms with Crippen molar-refractivity contribution in [3.63, 3.8) is 0 Å². The predicted molar refractivity (Wildman–Crippen MR) is 122 cm³/mol. The maximum Gasteiger partial charge on any atom is 0.338 e. The second kappa shape index (κ2) is 8.51. The molecule has 3 aromatic carbocycles. The highest BCUT2D eigenvalue weighted by molar-refractivity contribution is 9.10. The molecule has 32 heavy (non-hydrogen) atoms. The highest BCUT2D eigenvalue weighted by atomic mass is 79.9. The van der Waals surface area contributed by atoms with Gasteiger partial charge in [-0.15, -0.1) is 0 Å². The van der Waals surface area contributed by atoms with Crippen molar-refractivity contribution in [2.75, 3.05) is 11.5 Å². The quantitative estimate of drug-likeness (QED) is 0.287. The lowest BCUT2D eigenvalue weighted by molar-refractivity contribution is 0.0474. The van der Waals surface area contributed by atoms with Crippen molar-refractivity contribution in [2.24, 2.45) is 0 Å². The van der Waals surface area contributed by atoms with Crippen LogP contribution in [0.4, 0.5) is 5.69 Å². The minimum Gasteiger partial charge on any atom is -0.454 e. The van der Waals surface area contributed by atoms with Gasteiger partial charge >= 0.3 is 5.97 Å². The van der Waals surface area contributed by atoms with Crippen LogP contribution in [0.25, 0.3) is 0 Å². The number of imide groups is 1. The highest BCUT2D eigenvalue weighted by Crippen LogP contribution is 2.30. The Labute approximate surface area is 192 Å². The average Bonchev–Trinajstić information content (AvgIpc) is 3.04. The molecule has 1 aliphatic heterocycles. The first-order valence-electron chi connectivity index (χ1n) is 9.82. The Hall–Kier alpha value is -3.58. The van der Waals surface area contributed by atoms with Gasteiger partial charge in [0.25, 0.3) is 11.8 Å². The number of ether oxygens (including phenoxy) is 1. The summed E-state index contributed by atoms with van der Waals surface area (Å²) in [7, 11) is 0. The molecule has 3 aromatic rings. The van der Waals surface area contributed by atoms with Crippen LogP contribution < -0.4 is 4.90 Å². The Morgan fingerprint density at radius 1 is 0.812 bits per heavy atom. The maximum atomic E-state index is 13.0. The molecule has 7 heteroatoms. The van der Waals surface area contributed by atoms with Crippen molar-refractivity contribution in [3.8, 4) is 0 Å². The summed E-state index contributed by atoms with van der Waals surface area (Å²) in [5, 5.41) is 0. The van der Waals surface area contributed by atoms with Crippen LogP contribution >= 0.6 is 15.9 Å². The lowest BCUT2D eigenvalue weighted by Gasteiger charge is -2.15. The fraction of sp³-hybridized carbons (Fsp3) is 0.120. The van der Waals surface area contributed by atoms with E-state index in [2.05, 4.69) is 15.9 Å². The zero-order valence-corrected chi connectivity index (χ0v) is 18.9. The first kappa shape index (κ1) is 21.6. The standard InChI is InChI=1S/C25H18BrNO5/c1-14-3-9-19(11-15(14)2)27-23(29)20-10-6-17(12-21(20)24(27)30)25(31)32-13-22(28)16-4-7-18(26)8-5-16/h3-12H,13H2,1-2H3. The largest absolute Gasteiger partial charge is 0.454 e. The van der Waals surface area contributed by atoms with Gasteiger partial charge in [0.2, 0.25) is 0 Å². The molecule has 2 amide bonds. The summed E-state index contributed by atoms with van der Waals surface area (Å²) in [6.45, 7) is 3.42. The molecule has 0 bridgehead atoms. The number of carbonyl (C=O) groups excluding carboxylic acids is 4. The van der Waals surface area contributed by atoms with E-state index in [-0.39, 0.29) is 22.5 Å².